The van der Waals surface area contributed by atoms with Gasteiger partial charge in [0.15, 0.2) is 6.10 Å². The molecule has 2 aromatic rings. The van der Waals surface area contributed by atoms with Crippen molar-refractivity contribution >= 4 is 23.4 Å². The van der Waals surface area contributed by atoms with Crippen LogP contribution in [-0.2, 0) is 4.79 Å². The number of hydrogen-bond acceptors (Lipinski definition) is 3. The van der Waals surface area contributed by atoms with Crippen molar-refractivity contribution < 1.29 is 18.7 Å². The van der Waals surface area contributed by atoms with Crippen molar-refractivity contribution in [1.82, 2.24) is 10.6 Å². The monoisotopic (exact) mass is 406 g/mol. The largest absolute Gasteiger partial charge is 0.481 e. The summed E-state index contributed by atoms with van der Waals surface area (Å²) in [7, 11) is 0. The lowest BCUT2D eigenvalue weighted by Gasteiger charge is -2.15. The smallest absolute Gasteiger partial charge is 0.260 e. The third-order valence-electron chi connectivity index (χ3n) is 4.13. The number of halogens is 2. The molecule has 0 heterocycles. The van der Waals surface area contributed by atoms with Gasteiger partial charge in [0.2, 0.25) is 0 Å². The van der Waals surface area contributed by atoms with Gasteiger partial charge in [-0.2, -0.15) is 0 Å². The van der Waals surface area contributed by atoms with Gasteiger partial charge in [0.1, 0.15) is 11.6 Å². The lowest BCUT2D eigenvalue weighted by molar-refractivity contribution is -0.127. The molecule has 0 bridgehead atoms. The van der Waals surface area contributed by atoms with E-state index in [2.05, 4.69) is 24.5 Å². The molecule has 0 saturated heterocycles. The third kappa shape index (κ3) is 5.96. The fourth-order valence-electron chi connectivity index (χ4n) is 2.50. The number of ether oxygens (including phenoxy) is 1. The van der Waals surface area contributed by atoms with E-state index >= 15 is 0 Å². The minimum absolute atomic E-state index is 0.0343. The molecule has 150 valence electrons. The van der Waals surface area contributed by atoms with Crippen molar-refractivity contribution in [1.29, 1.82) is 0 Å². The molecule has 5 nitrogen and oxygen atoms in total. The molecule has 0 spiro atoms. The SMILES string of the molecule is CC(Oc1ccc(C(C)C)cc1)C(=O)NCCNC(=O)c1c(F)cccc1Cl. The molecule has 0 aromatic heterocycles. The van der Waals surface area contributed by atoms with E-state index in [1.807, 2.05) is 24.3 Å². The summed E-state index contributed by atoms with van der Waals surface area (Å²) < 4.78 is 19.3. The molecule has 28 heavy (non-hydrogen) atoms. The number of amides is 2. The molecule has 1 atom stereocenters. The van der Waals surface area contributed by atoms with Crippen LogP contribution in [0.2, 0.25) is 5.02 Å². The molecule has 2 N–H and O–H groups in total. The van der Waals surface area contributed by atoms with Crippen LogP contribution < -0.4 is 15.4 Å². The Hall–Kier alpha value is -2.60. The number of nitrogens with one attached hydrogen (secondary N) is 2. The van der Waals surface area contributed by atoms with E-state index in [1.54, 1.807) is 6.92 Å². The van der Waals surface area contributed by atoms with Gasteiger partial charge in [0.25, 0.3) is 11.8 Å². The highest BCUT2D eigenvalue weighted by molar-refractivity contribution is 6.33. The maximum atomic E-state index is 13.7. The van der Waals surface area contributed by atoms with Crippen LogP contribution in [-0.4, -0.2) is 31.0 Å². The van der Waals surface area contributed by atoms with Crippen LogP contribution in [0.4, 0.5) is 4.39 Å². The number of carbonyl (C=O) groups is 2. The van der Waals surface area contributed by atoms with Gasteiger partial charge >= 0.3 is 0 Å². The average molecular weight is 407 g/mol. The van der Waals surface area contributed by atoms with Crippen LogP contribution in [0.3, 0.4) is 0 Å². The molecule has 0 saturated carbocycles. The molecular formula is C21H24ClFN2O3. The Morgan fingerprint density at radius 1 is 1.04 bits per heavy atom. The zero-order valence-corrected chi connectivity index (χ0v) is 16.8. The van der Waals surface area contributed by atoms with Gasteiger partial charge in [-0.05, 0) is 42.7 Å². The van der Waals surface area contributed by atoms with E-state index in [1.165, 1.54) is 17.7 Å². The first-order valence-corrected chi connectivity index (χ1v) is 9.44. The second-order valence-corrected chi connectivity index (χ2v) is 7.03. The van der Waals surface area contributed by atoms with E-state index in [4.69, 9.17) is 16.3 Å². The summed E-state index contributed by atoms with van der Waals surface area (Å²) in [5.74, 6) is -0.615. The van der Waals surface area contributed by atoms with Gasteiger partial charge in [-0.15, -0.1) is 0 Å². The van der Waals surface area contributed by atoms with Gasteiger partial charge in [-0.25, -0.2) is 4.39 Å². The van der Waals surface area contributed by atoms with E-state index in [9.17, 15) is 14.0 Å². The molecule has 2 aromatic carbocycles. The Morgan fingerprint density at radius 3 is 2.29 bits per heavy atom. The number of rotatable bonds is 8. The quantitative estimate of drug-likeness (QED) is 0.653. The molecule has 0 aliphatic carbocycles. The Morgan fingerprint density at radius 2 is 1.68 bits per heavy atom. The van der Waals surface area contributed by atoms with Crippen LogP contribution >= 0.6 is 11.6 Å². The highest BCUT2D eigenvalue weighted by Gasteiger charge is 2.16. The zero-order valence-electron chi connectivity index (χ0n) is 16.1. The third-order valence-corrected chi connectivity index (χ3v) is 4.44. The molecule has 7 heteroatoms. The molecule has 2 amide bonds. The zero-order chi connectivity index (χ0) is 20.7. The van der Waals surface area contributed by atoms with E-state index in [-0.39, 0.29) is 29.6 Å². The van der Waals surface area contributed by atoms with Crippen molar-refractivity contribution in [2.75, 3.05) is 13.1 Å². The summed E-state index contributed by atoms with van der Waals surface area (Å²) in [6.45, 7) is 6.15. The Kier molecular flexibility index (Phi) is 7.81. The Bertz CT molecular complexity index is 805. The molecule has 0 aliphatic rings. The second kappa shape index (κ2) is 10.1. The van der Waals surface area contributed by atoms with E-state index in [0.29, 0.717) is 11.7 Å². The van der Waals surface area contributed by atoms with Crippen molar-refractivity contribution in [3.63, 3.8) is 0 Å². The van der Waals surface area contributed by atoms with Crippen LogP contribution in [0.25, 0.3) is 0 Å². The minimum Gasteiger partial charge on any atom is -0.481 e. The van der Waals surface area contributed by atoms with Crippen LogP contribution in [0.1, 0.15) is 42.6 Å². The first-order chi connectivity index (χ1) is 13.3. The predicted octanol–water partition coefficient (Wildman–Crippen LogP) is 3.92. The maximum Gasteiger partial charge on any atom is 0.260 e. The second-order valence-electron chi connectivity index (χ2n) is 6.63. The standard InChI is InChI=1S/C21H24ClFN2O3/c1-13(2)15-7-9-16(10-8-15)28-14(3)20(26)24-11-12-25-21(27)19-17(22)5-4-6-18(19)23/h4-10,13-14H,11-12H2,1-3H3,(H,24,26)(H,25,27). The predicted molar refractivity (Wildman–Crippen MR) is 107 cm³/mol. The van der Waals surface area contributed by atoms with Gasteiger partial charge in [0.05, 0.1) is 10.6 Å². The Labute approximate surface area is 169 Å². The summed E-state index contributed by atoms with van der Waals surface area (Å²) in [5.41, 5.74) is 0.979. The number of carbonyl (C=O) groups excluding carboxylic acids is 2. The van der Waals surface area contributed by atoms with Gasteiger partial charge < -0.3 is 15.4 Å². The van der Waals surface area contributed by atoms with Gasteiger partial charge in [-0.1, -0.05) is 43.6 Å². The van der Waals surface area contributed by atoms with Crippen molar-refractivity contribution in [2.45, 2.75) is 32.8 Å². The molecule has 0 aliphatic heterocycles. The summed E-state index contributed by atoms with van der Waals surface area (Å²) in [4.78, 5) is 24.1. The Balaban J connectivity index is 1.76. The normalized spacial score (nSPS) is 11.8. The van der Waals surface area contributed by atoms with Gasteiger partial charge in [-0.3, -0.25) is 9.59 Å². The van der Waals surface area contributed by atoms with Crippen LogP contribution in [0, 0.1) is 5.82 Å². The van der Waals surface area contributed by atoms with Crippen LogP contribution in [0.5, 0.6) is 5.75 Å². The number of benzene rings is 2. The minimum atomic E-state index is -0.695. The van der Waals surface area contributed by atoms with Crippen molar-refractivity contribution in [2.24, 2.45) is 0 Å². The summed E-state index contributed by atoms with van der Waals surface area (Å²) in [6, 6.07) is 11.6. The van der Waals surface area contributed by atoms with E-state index < -0.39 is 17.8 Å². The average Bonchev–Trinajstić information content (AvgIpc) is 2.65. The fraction of sp³-hybridized carbons (Fsp3) is 0.333. The van der Waals surface area contributed by atoms with Gasteiger partial charge in [0, 0.05) is 13.1 Å². The first-order valence-electron chi connectivity index (χ1n) is 9.06. The summed E-state index contributed by atoms with van der Waals surface area (Å²) in [6.07, 6.45) is -0.693. The lowest BCUT2D eigenvalue weighted by Crippen LogP contribution is -2.40. The van der Waals surface area contributed by atoms with Crippen molar-refractivity contribution in [3.8, 4) is 5.75 Å². The molecular weight excluding hydrogens is 383 g/mol. The molecule has 2 rings (SSSR count). The van der Waals surface area contributed by atoms with E-state index in [0.717, 1.165) is 6.07 Å². The highest BCUT2D eigenvalue weighted by atomic mass is 35.5. The lowest BCUT2D eigenvalue weighted by atomic mass is 10.0. The molecule has 1 unspecified atom stereocenters. The van der Waals surface area contributed by atoms with Crippen molar-refractivity contribution in [3.05, 3.63) is 64.4 Å². The number of hydrogen-bond donors (Lipinski definition) is 2. The summed E-state index contributed by atoms with van der Waals surface area (Å²) >= 11 is 5.85. The topological polar surface area (TPSA) is 67.4 Å². The molecule has 0 radical (unpaired) electrons. The first kappa shape index (κ1) is 21.7. The van der Waals surface area contributed by atoms with Crippen LogP contribution in [0.15, 0.2) is 42.5 Å². The maximum absolute atomic E-state index is 13.7. The summed E-state index contributed by atoms with van der Waals surface area (Å²) in [5, 5.41) is 5.22. The fourth-order valence-corrected chi connectivity index (χ4v) is 2.75. The highest BCUT2D eigenvalue weighted by Crippen LogP contribution is 2.20. The molecule has 0 fully saturated rings.